The third-order valence-electron chi connectivity index (χ3n) is 16.3. The Labute approximate surface area is 482 Å². The second-order valence-electron chi connectivity index (χ2n) is 21.9. The van der Waals surface area contributed by atoms with Crippen LogP contribution in [0.5, 0.6) is 11.5 Å². The molecule has 79 heavy (non-hydrogen) atoms. The fraction of sp³-hybridized carbons (Fsp3) is 0.286. The Kier molecular flexibility index (Phi) is 20.3. The van der Waals surface area contributed by atoms with Crippen LogP contribution in [0.2, 0.25) is 8.87 Å². The quantitative estimate of drug-likeness (QED) is 0.0562. The molecule has 0 aliphatic heterocycles. The van der Waals surface area contributed by atoms with E-state index in [0.29, 0.717) is 8.87 Å². The van der Waals surface area contributed by atoms with Crippen molar-refractivity contribution < 1.29 is 25.2 Å². The molecule has 0 N–H and O–H groups in total. The Balaban J connectivity index is 1.29. The number of methoxy groups -OCH3 is 2. The molecule has 0 saturated heterocycles. The molecule has 0 aromatic heterocycles. The Morgan fingerprint density at radius 1 is 0.367 bits per heavy atom. The molecule has 8 aromatic carbocycles. The van der Waals surface area contributed by atoms with Gasteiger partial charge >= 0.3 is 486 Å². The molecule has 0 spiro atoms. The normalized spacial score (nSPS) is 12.6. The van der Waals surface area contributed by atoms with Crippen LogP contribution in [0.25, 0.3) is 0 Å². The molecule has 2 unspecified atom stereocenters. The maximum atomic E-state index is 15.9. The Bertz CT molecular complexity index is 2790. The predicted molar refractivity (Wildman–Crippen MR) is 334 cm³/mol. The van der Waals surface area contributed by atoms with Crippen LogP contribution in [0.15, 0.2) is 194 Å². The van der Waals surface area contributed by atoms with Crippen LogP contribution < -0.4 is 35.8 Å². The molecule has 0 saturated carbocycles. The molecule has 0 bridgehead atoms. The van der Waals surface area contributed by atoms with E-state index in [1.54, 1.807) is 14.2 Å². The molecule has 0 fully saturated rings. The number of carbonyl (C=O) groups is 2. The average molecular weight is 1280 g/mol. The van der Waals surface area contributed by atoms with Gasteiger partial charge in [0.05, 0.1) is 0 Å². The van der Waals surface area contributed by atoms with E-state index >= 15 is 9.59 Å². The van der Waals surface area contributed by atoms with Gasteiger partial charge in [-0.15, -0.1) is 0 Å². The van der Waals surface area contributed by atoms with Gasteiger partial charge in [0, 0.05) is 0 Å². The fourth-order valence-corrected chi connectivity index (χ4v) is 44.7. The second-order valence-corrected chi connectivity index (χ2v) is 48.1. The number of rotatable bonds is 24. The number of aryl methyl sites for hydroxylation is 6. The van der Waals surface area contributed by atoms with Crippen LogP contribution in [-0.2, 0) is 15.7 Å². The molecule has 0 aliphatic rings. The van der Waals surface area contributed by atoms with E-state index in [9.17, 15) is 0 Å². The van der Waals surface area contributed by atoms with Gasteiger partial charge in [-0.25, -0.2) is 0 Å². The minimum absolute atomic E-state index is 0.109. The van der Waals surface area contributed by atoms with Gasteiger partial charge in [-0.2, -0.15) is 0 Å². The van der Waals surface area contributed by atoms with Gasteiger partial charge in [-0.1, -0.05) is 0 Å². The Morgan fingerprint density at radius 3 is 0.797 bits per heavy atom. The van der Waals surface area contributed by atoms with Gasteiger partial charge in [-0.05, 0) is 0 Å². The first-order chi connectivity index (χ1) is 38.2. The van der Waals surface area contributed by atoms with E-state index < -0.39 is 45.7 Å². The summed E-state index contributed by atoms with van der Waals surface area (Å²) in [5, 5.41) is 0. The molecule has 408 valence electrons. The number of carbonyl (C=O) groups excluding carboxylic acids is 2. The molecule has 9 heteroatoms. The first-order valence-electron chi connectivity index (χ1n) is 28.3. The molecule has 0 heterocycles. The Morgan fingerprint density at radius 2 is 0.595 bits per heavy atom. The summed E-state index contributed by atoms with van der Waals surface area (Å²) in [6.45, 7) is 17.1. The summed E-state index contributed by atoms with van der Waals surface area (Å²) in [6, 6.07) is 70.9. The van der Waals surface area contributed by atoms with Gasteiger partial charge in [-0.3, -0.25) is 0 Å². The van der Waals surface area contributed by atoms with Crippen LogP contribution in [-0.4, -0.2) is 71.9 Å². The fourth-order valence-electron chi connectivity index (χ4n) is 11.9. The number of unbranched alkanes of at least 4 members (excludes halogenated alkanes) is 2. The zero-order valence-electron chi connectivity index (χ0n) is 48.2. The third kappa shape index (κ3) is 13.5. The molecule has 6 nitrogen and oxygen atoms in total. The van der Waals surface area contributed by atoms with Crippen molar-refractivity contribution in [2.45, 2.75) is 112 Å². The molecule has 0 amide bonds. The van der Waals surface area contributed by atoms with E-state index in [0.717, 1.165) is 48.3 Å². The van der Waals surface area contributed by atoms with Gasteiger partial charge in [0.2, 0.25) is 0 Å². The third-order valence-corrected chi connectivity index (χ3v) is 48.4. The van der Waals surface area contributed by atoms with E-state index in [1.807, 2.05) is 24.3 Å². The van der Waals surface area contributed by atoms with Crippen molar-refractivity contribution in [1.82, 2.24) is 0 Å². The molecule has 8 aromatic rings. The van der Waals surface area contributed by atoms with E-state index in [2.05, 4.69) is 225 Å². The van der Waals surface area contributed by atoms with Crippen molar-refractivity contribution in [2.24, 2.45) is 0 Å². The van der Waals surface area contributed by atoms with Crippen molar-refractivity contribution in [1.29, 1.82) is 0 Å². The SMILES string of the molecule is CCC[CH2][Sn]([CH2]CCC)([O]C(=O)C[CH](c1ccc(OC)cc1)[Ge]([c]1ccc(C)cc1)([c]1ccc(C)cc1)[c]1ccc(C)cc1)[O]C(=O)C[CH](c1ccc(OC)cc1)[Ge]([c]1ccc(C)cc1)([c]1ccc(C)cc1)[c]1ccc(C)cc1. The summed E-state index contributed by atoms with van der Waals surface area (Å²) >= 11 is -12.9. The summed E-state index contributed by atoms with van der Waals surface area (Å²) < 4.78 is 34.2. The topological polar surface area (TPSA) is 71.1 Å². The summed E-state index contributed by atoms with van der Waals surface area (Å²) in [7, 11) is 3.38. The first kappa shape index (κ1) is 59.3. The molecule has 8 rings (SSSR count). The van der Waals surface area contributed by atoms with E-state index in [-0.39, 0.29) is 34.3 Å². The van der Waals surface area contributed by atoms with E-state index in [4.69, 9.17) is 15.6 Å². The standard InChI is InChI=1S/2C31H32GeO3.2C4H9.Sn/c2*1-22-5-13-26(14-6-22)32(27-15-7-23(2)8-16-27,28-17-9-24(3)10-18-28)30(21-31(33)34)25-11-19-29(35-4)20-12-25;2*1-3-4-2;/h2*5-20,30H,21H2,1-4H3,(H,33,34);2*1,3-4H2,2H3;/q;;;;+2/p-2. The first-order valence-corrected chi connectivity index (χ1v) is 43.4. The van der Waals surface area contributed by atoms with Gasteiger partial charge in [0.15, 0.2) is 0 Å². The summed E-state index contributed by atoms with van der Waals surface area (Å²) in [5.74, 6) is 0.906. The van der Waals surface area contributed by atoms with Gasteiger partial charge in [0.25, 0.3) is 0 Å². The second kappa shape index (κ2) is 27.1. The average Bonchev–Trinajstić information content (AvgIpc) is 3.64. The maximum absolute atomic E-state index is 15.9. The number of benzene rings is 8. The summed E-state index contributed by atoms with van der Waals surface area (Å²) in [6.07, 6.45) is 3.56. The summed E-state index contributed by atoms with van der Waals surface area (Å²) in [4.78, 5) is 31.8. The Hall–Kier alpha value is -5.82. The number of ether oxygens (including phenoxy) is 2. The van der Waals surface area contributed by atoms with E-state index in [1.165, 1.54) is 59.8 Å². The molecular weight excluding hydrogens is 1200 g/mol. The van der Waals surface area contributed by atoms with Crippen molar-refractivity contribution in [2.75, 3.05) is 14.2 Å². The van der Waals surface area contributed by atoms with Crippen LogP contribution >= 0.6 is 0 Å². The summed E-state index contributed by atoms with van der Waals surface area (Å²) in [5.41, 5.74) is 9.14. The predicted octanol–water partition coefficient (Wildman–Crippen LogP) is 12.7. The zero-order valence-corrected chi connectivity index (χ0v) is 55.3. The molecule has 0 radical (unpaired) electrons. The molecular formula is C70H80Ge2O6Sn. The minimum atomic E-state index is -4.76. The number of hydrogen-bond acceptors (Lipinski definition) is 6. The molecule has 0 aliphatic carbocycles. The van der Waals surface area contributed by atoms with Crippen LogP contribution in [0, 0.1) is 41.5 Å². The van der Waals surface area contributed by atoms with Gasteiger partial charge in [0.1, 0.15) is 0 Å². The monoisotopic (exact) mass is 1280 g/mol. The van der Waals surface area contributed by atoms with Crippen molar-refractivity contribution in [3.63, 3.8) is 0 Å². The van der Waals surface area contributed by atoms with Crippen molar-refractivity contribution in [3.8, 4) is 11.5 Å². The van der Waals surface area contributed by atoms with Crippen molar-refractivity contribution in [3.05, 3.63) is 239 Å². The van der Waals surface area contributed by atoms with Crippen LogP contribution in [0.3, 0.4) is 0 Å². The zero-order chi connectivity index (χ0) is 56.2. The van der Waals surface area contributed by atoms with Crippen molar-refractivity contribution >= 4 is 84.1 Å². The van der Waals surface area contributed by atoms with Crippen LogP contribution in [0.4, 0.5) is 0 Å². The van der Waals surface area contributed by atoms with Crippen LogP contribution in [0.1, 0.15) is 106 Å². The van der Waals surface area contributed by atoms with Gasteiger partial charge < -0.3 is 0 Å². The number of hydrogen-bond donors (Lipinski definition) is 0. The molecule has 2 atom stereocenters.